The molecule has 0 spiro atoms. The SMILES string of the molecule is O=S(=O)(c1cccc2cccnc12)n1ccc2c(NC3CCNC3)nc3ccccc3c21. The Morgan fingerprint density at radius 2 is 1.88 bits per heavy atom. The first kappa shape index (κ1) is 19.2. The number of nitrogens with one attached hydrogen (secondary N) is 2. The van der Waals surface area contributed by atoms with Crippen LogP contribution in [0.2, 0.25) is 0 Å². The number of benzene rings is 2. The molecule has 32 heavy (non-hydrogen) atoms. The minimum Gasteiger partial charge on any atom is -0.365 e. The Hall–Kier alpha value is -3.49. The zero-order valence-electron chi connectivity index (χ0n) is 17.2. The van der Waals surface area contributed by atoms with Crippen LogP contribution in [0.5, 0.6) is 0 Å². The van der Waals surface area contributed by atoms with Gasteiger partial charge in [-0.15, -0.1) is 0 Å². The normalized spacial score (nSPS) is 16.8. The van der Waals surface area contributed by atoms with Crippen LogP contribution in [0.4, 0.5) is 5.82 Å². The lowest BCUT2D eigenvalue weighted by Gasteiger charge is -2.16. The minimum atomic E-state index is -3.90. The highest BCUT2D eigenvalue weighted by atomic mass is 32.2. The Balaban J connectivity index is 1.62. The van der Waals surface area contributed by atoms with Crippen molar-refractivity contribution in [3.8, 4) is 0 Å². The first-order chi connectivity index (χ1) is 15.6. The first-order valence-corrected chi connectivity index (χ1v) is 12.0. The van der Waals surface area contributed by atoms with Crippen LogP contribution in [-0.4, -0.2) is 41.5 Å². The topological polar surface area (TPSA) is 88.9 Å². The molecule has 4 heterocycles. The van der Waals surface area contributed by atoms with Crippen LogP contribution in [-0.2, 0) is 10.0 Å². The maximum atomic E-state index is 13.9. The molecule has 0 saturated carbocycles. The highest BCUT2D eigenvalue weighted by Crippen LogP contribution is 2.34. The summed E-state index contributed by atoms with van der Waals surface area (Å²) in [7, 11) is -3.90. The Bertz CT molecular complexity index is 1580. The summed E-state index contributed by atoms with van der Waals surface area (Å²) in [6.45, 7) is 1.81. The molecule has 1 unspecified atom stereocenters. The van der Waals surface area contributed by atoms with Gasteiger partial charge in [-0.05, 0) is 37.2 Å². The van der Waals surface area contributed by atoms with E-state index in [0.717, 1.165) is 41.2 Å². The fourth-order valence-electron chi connectivity index (χ4n) is 4.49. The summed E-state index contributed by atoms with van der Waals surface area (Å²) in [6, 6.07) is 18.6. The number of para-hydroxylation sites is 2. The molecule has 8 heteroatoms. The van der Waals surface area contributed by atoms with E-state index in [-0.39, 0.29) is 10.9 Å². The van der Waals surface area contributed by atoms with Crippen LogP contribution in [0.3, 0.4) is 0 Å². The summed E-state index contributed by atoms with van der Waals surface area (Å²) in [4.78, 5) is 9.37. The molecule has 0 bridgehead atoms. The third-order valence-electron chi connectivity index (χ3n) is 6.03. The van der Waals surface area contributed by atoms with Gasteiger partial charge in [0.2, 0.25) is 0 Å². The molecule has 160 valence electrons. The van der Waals surface area contributed by atoms with E-state index >= 15 is 0 Å². The van der Waals surface area contributed by atoms with Gasteiger partial charge in [-0.25, -0.2) is 17.4 Å². The van der Waals surface area contributed by atoms with E-state index in [4.69, 9.17) is 4.98 Å². The number of aromatic nitrogens is 3. The van der Waals surface area contributed by atoms with Crippen molar-refractivity contribution >= 4 is 48.5 Å². The summed E-state index contributed by atoms with van der Waals surface area (Å²) >= 11 is 0. The average molecular weight is 444 g/mol. The second-order valence-corrected chi connectivity index (χ2v) is 9.81. The highest BCUT2D eigenvalue weighted by molar-refractivity contribution is 7.90. The van der Waals surface area contributed by atoms with Gasteiger partial charge in [0, 0.05) is 41.1 Å². The predicted molar refractivity (Wildman–Crippen MR) is 126 cm³/mol. The van der Waals surface area contributed by atoms with Gasteiger partial charge in [0.05, 0.1) is 16.6 Å². The number of hydrogen-bond donors (Lipinski definition) is 2. The zero-order chi connectivity index (χ0) is 21.7. The van der Waals surface area contributed by atoms with Crippen LogP contribution >= 0.6 is 0 Å². The van der Waals surface area contributed by atoms with Crippen molar-refractivity contribution in [2.24, 2.45) is 0 Å². The summed E-state index contributed by atoms with van der Waals surface area (Å²) in [5.74, 6) is 0.706. The van der Waals surface area contributed by atoms with Gasteiger partial charge in [0.1, 0.15) is 10.7 Å². The number of hydrogen-bond acceptors (Lipinski definition) is 6. The second kappa shape index (κ2) is 7.29. The van der Waals surface area contributed by atoms with Crippen LogP contribution in [0.15, 0.2) is 78.0 Å². The number of pyridine rings is 2. The zero-order valence-corrected chi connectivity index (χ0v) is 18.0. The maximum absolute atomic E-state index is 13.9. The quantitative estimate of drug-likeness (QED) is 0.440. The Morgan fingerprint density at radius 3 is 2.75 bits per heavy atom. The highest BCUT2D eigenvalue weighted by Gasteiger charge is 2.25. The smallest absolute Gasteiger partial charge is 0.270 e. The number of fused-ring (bicyclic) bond motifs is 4. The van der Waals surface area contributed by atoms with Crippen molar-refractivity contribution in [2.45, 2.75) is 17.4 Å². The molecule has 2 N–H and O–H groups in total. The van der Waals surface area contributed by atoms with Gasteiger partial charge in [0.15, 0.2) is 0 Å². The van der Waals surface area contributed by atoms with Gasteiger partial charge in [-0.3, -0.25) is 4.98 Å². The molecule has 1 aliphatic rings. The van der Waals surface area contributed by atoms with Crippen LogP contribution < -0.4 is 10.6 Å². The lowest BCUT2D eigenvalue weighted by molar-refractivity contribution is 0.590. The van der Waals surface area contributed by atoms with Crippen LogP contribution in [0.25, 0.3) is 32.7 Å². The molecule has 1 fully saturated rings. The van der Waals surface area contributed by atoms with E-state index in [1.807, 2.05) is 42.5 Å². The molecule has 1 aliphatic heterocycles. The van der Waals surface area contributed by atoms with Crippen molar-refractivity contribution in [1.29, 1.82) is 0 Å². The Labute approximate surface area is 185 Å². The maximum Gasteiger partial charge on any atom is 0.270 e. The number of rotatable bonds is 4. The first-order valence-electron chi connectivity index (χ1n) is 10.6. The van der Waals surface area contributed by atoms with Gasteiger partial charge in [-0.1, -0.05) is 36.4 Å². The lowest BCUT2D eigenvalue weighted by Crippen LogP contribution is -2.22. The fraction of sp³-hybridized carbons (Fsp3) is 0.167. The molecular formula is C24H21N5O2S. The third kappa shape index (κ3) is 2.95. The predicted octanol–water partition coefficient (Wildman–Crippen LogP) is 3.75. The summed E-state index contributed by atoms with van der Waals surface area (Å²) in [5.41, 5.74) is 1.84. The largest absolute Gasteiger partial charge is 0.365 e. The monoisotopic (exact) mass is 443 g/mol. The van der Waals surface area contributed by atoms with Gasteiger partial charge < -0.3 is 10.6 Å². The molecule has 1 saturated heterocycles. The second-order valence-electron chi connectivity index (χ2n) is 8.02. The van der Waals surface area contributed by atoms with E-state index in [9.17, 15) is 8.42 Å². The van der Waals surface area contributed by atoms with Crippen molar-refractivity contribution < 1.29 is 8.42 Å². The van der Waals surface area contributed by atoms with Gasteiger partial charge in [0.25, 0.3) is 10.0 Å². The third-order valence-corrected chi connectivity index (χ3v) is 7.74. The molecular weight excluding hydrogens is 422 g/mol. The van der Waals surface area contributed by atoms with Gasteiger partial charge in [-0.2, -0.15) is 0 Å². The van der Waals surface area contributed by atoms with Crippen molar-refractivity contribution in [2.75, 3.05) is 18.4 Å². The fourth-order valence-corrected chi connectivity index (χ4v) is 6.03. The summed E-state index contributed by atoms with van der Waals surface area (Å²) < 4.78 is 29.2. The van der Waals surface area contributed by atoms with E-state index in [1.54, 1.807) is 30.6 Å². The van der Waals surface area contributed by atoms with E-state index in [2.05, 4.69) is 15.6 Å². The number of anilines is 1. The van der Waals surface area contributed by atoms with Crippen molar-refractivity contribution in [1.82, 2.24) is 19.3 Å². The molecule has 6 rings (SSSR count). The van der Waals surface area contributed by atoms with E-state index < -0.39 is 10.0 Å². The van der Waals surface area contributed by atoms with Crippen molar-refractivity contribution in [3.63, 3.8) is 0 Å². The molecule has 0 radical (unpaired) electrons. The average Bonchev–Trinajstić information content (AvgIpc) is 3.49. The van der Waals surface area contributed by atoms with Gasteiger partial charge >= 0.3 is 0 Å². The van der Waals surface area contributed by atoms with Crippen LogP contribution in [0.1, 0.15) is 6.42 Å². The minimum absolute atomic E-state index is 0.184. The number of nitrogens with zero attached hydrogens (tertiary/aromatic N) is 3. The van der Waals surface area contributed by atoms with Crippen LogP contribution in [0, 0.1) is 0 Å². The van der Waals surface area contributed by atoms with E-state index in [0.29, 0.717) is 16.9 Å². The molecule has 0 aliphatic carbocycles. The molecule has 2 aromatic carbocycles. The Kier molecular flexibility index (Phi) is 4.38. The lowest BCUT2D eigenvalue weighted by atomic mass is 10.1. The molecule has 3 aromatic heterocycles. The summed E-state index contributed by atoms with van der Waals surface area (Å²) in [5, 5.41) is 9.22. The standard InChI is InChI=1S/C24H21N5O2S/c30-32(31,21-9-3-5-16-6-4-12-26-22(16)21)29-14-11-19-23(29)18-7-1-2-8-20(18)28-24(19)27-17-10-13-25-15-17/h1-9,11-12,14,17,25H,10,13,15H2,(H,27,28). The van der Waals surface area contributed by atoms with E-state index in [1.165, 1.54) is 3.97 Å². The molecule has 0 amide bonds. The molecule has 5 aromatic rings. The Morgan fingerprint density at radius 1 is 1.00 bits per heavy atom. The van der Waals surface area contributed by atoms with Crippen molar-refractivity contribution in [3.05, 3.63) is 73.1 Å². The molecule has 1 atom stereocenters. The molecule has 7 nitrogen and oxygen atoms in total. The summed E-state index contributed by atoms with van der Waals surface area (Å²) in [6.07, 6.45) is 4.23.